The minimum atomic E-state index is 0.367. The lowest BCUT2D eigenvalue weighted by Crippen LogP contribution is -2.35. The number of benzene rings is 7. The zero-order valence-corrected chi connectivity index (χ0v) is 31.0. The molecule has 7 aromatic rings. The van der Waals surface area contributed by atoms with E-state index in [9.17, 15) is 0 Å². The first-order valence-corrected chi connectivity index (χ1v) is 19.8. The standard InChI is InChI=1S/C54H43N/c1-5-13-38(14-6-1)40-21-25-42(26-22-40)49-31-32-50(43-27-23-41(24-28-43)39-15-7-2-8-16-39)52-37-47-35-48(30-29-46(47)36-51(49)52)55-53(44-17-9-3-10-18-44)33-34-54(55)45-19-11-4-12-20-45/h1-19,21,23-25,27-33,35-37,45,54H,20,22,26,34H2. The van der Waals surface area contributed by atoms with E-state index in [4.69, 9.17) is 0 Å². The molecule has 2 unspecified atom stereocenters. The van der Waals surface area contributed by atoms with Crippen molar-refractivity contribution in [3.05, 3.63) is 217 Å². The lowest BCUT2D eigenvalue weighted by atomic mass is 9.85. The molecular formula is C54H43N. The normalized spacial score (nSPS) is 18.0. The van der Waals surface area contributed by atoms with Gasteiger partial charge in [-0.05, 0) is 122 Å². The lowest BCUT2D eigenvalue weighted by molar-refractivity contribution is 0.514. The lowest BCUT2D eigenvalue weighted by Gasteiger charge is -2.35. The summed E-state index contributed by atoms with van der Waals surface area (Å²) < 4.78 is 0. The van der Waals surface area contributed by atoms with Crippen molar-refractivity contribution in [2.24, 2.45) is 5.92 Å². The topological polar surface area (TPSA) is 3.24 Å². The van der Waals surface area contributed by atoms with Crippen molar-refractivity contribution in [3.8, 4) is 22.3 Å². The van der Waals surface area contributed by atoms with E-state index in [2.05, 4.69) is 205 Å². The molecular weight excluding hydrogens is 663 g/mol. The second kappa shape index (κ2) is 14.4. The van der Waals surface area contributed by atoms with Gasteiger partial charge in [0, 0.05) is 23.3 Å². The molecule has 0 N–H and O–H groups in total. The predicted molar refractivity (Wildman–Crippen MR) is 236 cm³/mol. The summed E-state index contributed by atoms with van der Waals surface area (Å²) in [5.41, 5.74) is 14.3. The van der Waals surface area contributed by atoms with Crippen LogP contribution < -0.4 is 4.90 Å². The minimum Gasteiger partial charge on any atom is -0.337 e. The smallest absolute Gasteiger partial charge is 0.0447 e. The summed E-state index contributed by atoms with van der Waals surface area (Å²) >= 11 is 0. The maximum absolute atomic E-state index is 2.62. The molecule has 0 amide bonds. The zero-order chi connectivity index (χ0) is 36.6. The molecule has 0 saturated carbocycles. The molecule has 2 aliphatic carbocycles. The molecule has 0 radical (unpaired) electrons. The highest BCUT2D eigenvalue weighted by Gasteiger charge is 2.33. The Kier molecular flexibility index (Phi) is 8.69. The third-order valence-corrected chi connectivity index (χ3v) is 11.9. The Balaban J connectivity index is 1.11. The summed E-state index contributed by atoms with van der Waals surface area (Å²) in [5, 5.41) is 5.15. The fraction of sp³-hybridized carbons (Fsp3) is 0.111. The molecule has 0 bridgehead atoms. The number of rotatable bonds is 7. The van der Waals surface area contributed by atoms with Gasteiger partial charge in [-0.1, -0.05) is 176 Å². The van der Waals surface area contributed by atoms with Crippen LogP contribution in [-0.4, -0.2) is 6.04 Å². The highest BCUT2D eigenvalue weighted by Crippen LogP contribution is 2.44. The predicted octanol–water partition coefficient (Wildman–Crippen LogP) is 14.3. The molecule has 10 rings (SSSR count). The average molecular weight is 706 g/mol. The van der Waals surface area contributed by atoms with Crippen molar-refractivity contribution in [3.63, 3.8) is 0 Å². The second-order valence-electron chi connectivity index (χ2n) is 15.1. The molecule has 1 nitrogen and oxygen atoms in total. The van der Waals surface area contributed by atoms with Gasteiger partial charge in [0.25, 0.3) is 0 Å². The molecule has 1 heteroatoms. The number of allylic oxidation sites excluding steroid dienone is 7. The van der Waals surface area contributed by atoms with Crippen LogP contribution in [-0.2, 0) is 0 Å². The largest absolute Gasteiger partial charge is 0.337 e. The molecule has 7 aromatic carbocycles. The van der Waals surface area contributed by atoms with E-state index in [-0.39, 0.29) is 0 Å². The fourth-order valence-electron chi connectivity index (χ4n) is 9.05. The summed E-state index contributed by atoms with van der Waals surface area (Å²) in [6, 6.07) is 58.7. The fourth-order valence-corrected chi connectivity index (χ4v) is 9.05. The van der Waals surface area contributed by atoms with E-state index in [1.165, 1.54) is 83.0 Å². The maximum Gasteiger partial charge on any atom is 0.0447 e. The Bertz CT molecular complexity index is 2670. The summed E-state index contributed by atoms with van der Waals surface area (Å²) in [6.07, 6.45) is 20.5. The van der Waals surface area contributed by atoms with Crippen LogP contribution in [0.1, 0.15) is 42.4 Å². The van der Waals surface area contributed by atoms with Crippen LogP contribution in [0.3, 0.4) is 0 Å². The number of nitrogens with zero attached hydrogens (tertiary/aromatic N) is 1. The van der Waals surface area contributed by atoms with Crippen LogP contribution in [0.4, 0.5) is 5.69 Å². The molecule has 0 aromatic heterocycles. The Hall–Kier alpha value is -6.44. The van der Waals surface area contributed by atoms with Crippen LogP contribution in [0, 0.1) is 5.92 Å². The number of hydrogen-bond donors (Lipinski definition) is 0. The van der Waals surface area contributed by atoms with E-state index >= 15 is 0 Å². The third kappa shape index (κ3) is 6.36. The molecule has 1 aliphatic heterocycles. The van der Waals surface area contributed by atoms with Crippen LogP contribution >= 0.6 is 0 Å². The molecule has 0 fully saturated rings. The van der Waals surface area contributed by atoms with Gasteiger partial charge in [0.1, 0.15) is 0 Å². The molecule has 264 valence electrons. The van der Waals surface area contributed by atoms with Crippen molar-refractivity contribution in [2.45, 2.75) is 31.7 Å². The Morgan fingerprint density at radius 1 is 0.455 bits per heavy atom. The van der Waals surface area contributed by atoms with Crippen molar-refractivity contribution < 1.29 is 0 Å². The van der Waals surface area contributed by atoms with Crippen molar-refractivity contribution in [1.82, 2.24) is 0 Å². The van der Waals surface area contributed by atoms with Gasteiger partial charge < -0.3 is 4.90 Å². The Morgan fingerprint density at radius 3 is 1.78 bits per heavy atom. The molecule has 0 saturated heterocycles. The molecule has 2 atom stereocenters. The monoisotopic (exact) mass is 705 g/mol. The van der Waals surface area contributed by atoms with Gasteiger partial charge in [-0.2, -0.15) is 0 Å². The maximum atomic E-state index is 2.62. The van der Waals surface area contributed by atoms with Gasteiger partial charge in [0.15, 0.2) is 0 Å². The van der Waals surface area contributed by atoms with Crippen molar-refractivity contribution in [2.75, 3.05) is 4.90 Å². The molecule has 0 spiro atoms. The van der Waals surface area contributed by atoms with Crippen LogP contribution in [0.25, 0.3) is 60.6 Å². The number of fused-ring (bicyclic) bond motifs is 2. The molecule has 3 aliphatic rings. The molecule has 55 heavy (non-hydrogen) atoms. The van der Waals surface area contributed by atoms with Crippen molar-refractivity contribution >= 4 is 44.1 Å². The van der Waals surface area contributed by atoms with Crippen LogP contribution in [0.5, 0.6) is 0 Å². The van der Waals surface area contributed by atoms with Gasteiger partial charge in [-0.25, -0.2) is 0 Å². The van der Waals surface area contributed by atoms with E-state index in [0.29, 0.717) is 12.0 Å². The van der Waals surface area contributed by atoms with E-state index in [1.807, 2.05) is 0 Å². The first kappa shape index (κ1) is 33.2. The van der Waals surface area contributed by atoms with E-state index < -0.39 is 0 Å². The van der Waals surface area contributed by atoms with Gasteiger partial charge in [0.05, 0.1) is 0 Å². The number of anilines is 1. The molecule has 1 heterocycles. The summed E-state index contributed by atoms with van der Waals surface area (Å²) in [6.45, 7) is 0. The van der Waals surface area contributed by atoms with Gasteiger partial charge in [-0.3, -0.25) is 0 Å². The van der Waals surface area contributed by atoms with Crippen LogP contribution in [0.15, 0.2) is 200 Å². The summed E-state index contributed by atoms with van der Waals surface area (Å²) in [4.78, 5) is 2.62. The minimum absolute atomic E-state index is 0.367. The van der Waals surface area contributed by atoms with Gasteiger partial charge in [0.2, 0.25) is 0 Å². The van der Waals surface area contributed by atoms with Gasteiger partial charge in [-0.15, -0.1) is 0 Å². The number of hydrogen-bond acceptors (Lipinski definition) is 1. The summed E-state index contributed by atoms with van der Waals surface area (Å²) in [7, 11) is 0. The quantitative estimate of drug-likeness (QED) is 0.149. The Labute approximate surface area is 324 Å². The third-order valence-electron chi connectivity index (χ3n) is 11.9. The second-order valence-corrected chi connectivity index (χ2v) is 15.1. The van der Waals surface area contributed by atoms with Crippen LogP contribution in [0.2, 0.25) is 0 Å². The highest BCUT2D eigenvalue weighted by molar-refractivity contribution is 6.10. The van der Waals surface area contributed by atoms with Crippen molar-refractivity contribution in [1.29, 1.82) is 0 Å². The Morgan fingerprint density at radius 2 is 1.07 bits per heavy atom. The first-order chi connectivity index (χ1) is 27.3. The average Bonchev–Trinajstić information content (AvgIpc) is 3.72. The highest BCUT2D eigenvalue weighted by atomic mass is 15.2. The van der Waals surface area contributed by atoms with Gasteiger partial charge >= 0.3 is 0 Å². The van der Waals surface area contributed by atoms with E-state index in [0.717, 1.165) is 25.7 Å². The van der Waals surface area contributed by atoms with E-state index in [1.54, 1.807) is 0 Å². The zero-order valence-electron chi connectivity index (χ0n) is 31.0. The summed E-state index contributed by atoms with van der Waals surface area (Å²) in [5.74, 6) is 0.461. The SMILES string of the molecule is C1=CCC(C2CC=C(c3ccccc3)N2c2ccc3cc4c(C5=CC=C(c6ccccc6)CC5)ccc(-c5ccc(-c6ccccc6)cc5)c4cc3c2)C=C1. The first-order valence-electron chi connectivity index (χ1n) is 19.8.